The van der Waals surface area contributed by atoms with E-state index in [1.807, 2.05) is 0 Å². The summed E-state index contributed by atoms with van der Waals surface area (Å²) in [5, 5.41) is 9.85. The van der Waals surface area contributed by atoms with Crippen molar-refractivity contribution in [2.24, 2.45) is 18.5 Å². The number of primary amides is 1. The molecule has 214 valence electrons. The molecule has 4 heterocycles. The summed E-state index contributed by atoms with van der Waals surface area (Å²) in [6, 6.07) is 4.24. The van der Waals surface area contributed by atoms with Crippen LogP contribution in [0.5, 0.6) is 0 Å². The third-order valence-corrected chi connectivity index (χ3v) is 7.62. The molecule has 0 radical (unpaired) electrons. The van der Waals surface area contributed by atoms with Crippen LogP contribution in [-0.2, 0) is 11.8 Å². The number of carbonyl (C=O) groups is 2. The first-order valence-electron chi connectivity index (χ1n) is 13.6. The molecule has 2 fully saturated rings. The zero-order valence-corrected chi connectivity index (χ0v) is 22.6. The van der Waals surface area contributed by atoms with E-state index in [4.69, 9.17) is 16.2 Å². The minimum atomic E-state index is -0.825. The molecule has 1 aliphatic carbocycles. The van der Waals surface area contributed by atoms with Crippen molar-refractivity contribution in [3.05, 3.63) is 41.5 Å². The van der Waals surface area contributed by atoms with Gasteiger partial charge >= 0.3 is 0 Å². The van der Waals surface area contributed by atoms with Gasteiger partial charge in [-0.05, 0) is 31.0 Å². The summed E-state index contributed by atoms with van der Waals surface area (Å²) in [5.74, 6) is -1.66. The maximum Gasteiger partial charge on any atom is 0.268 e. The number of fused-ring (bicyclic) bond motifs is 1. The fourth-order valence-corrected chi connectivity index (χ4v) is 5.30. The SMILES string of the molecule is Cn1c(C(=O)NCCN2CCOCC2)cc2c(Nc3nc(NC4CCCC[C@@H]4N)c(F)cc3C(N)=O)ccnc21. The minimum Gasteiger partial charge on any atom is -0.379 e. The molecule has 2 amide bonds. The number of hydrogen-bond acceptors (Lipinski definition) is 9. The minimum absolute atomic E-state index is 0.00598. The molecular formula is C27H36FN9O3. The van der Waals surface area contributed by atoms with E-state index in [1.165, 1.54) is 0 Å². The number of anilines is 3. The van der Waals surface area contributed by atoms with E-state index in [2.05, 4.69) is 30.8 Å². The fourth-order valence-electron chi connectivity index (χ4n) is 5.30. The van der Waals surface area contributed by atoms with Gasteiger partial charge in [-0.25, -0.2) is 14.4 Å². The number of nitrogens with zero attached hydrogens (tertiary/aromatic N) is 4. The second-order valence-corrected chi connectivity index (χ2v) is 10.3. The van der Waals surface area contributed by atoms with Crippen LogP contribution >= 0.6 is 0 Å². The molecule has 12 nitrogen and oxygen atoms in total. The standard InChI is InChI=1S/C27H36FN9O3/c1-36-22(27(39)32-8-9-37-10-12-40-13-11-37)15-16-20(6-7-31-26(16)36)33-24-17(23(30)38)14-18(28)25(35-24)34-21-5-3-2-4-19(21)29/h6-7,14-15,19,21H,2-5,8-13,29H2,1H3,(H2,30,38)(H,32,39)(H2,31,33,34,35)/t19-,21?/m0/s1. The Bertz CT molecular complexity index is 1390. The Morgan fingerprint density at radius 3 is 2.70 bits per heavy atom. The maximum absolute atomic E-state index is 15.0. The van der Waals surface area contributed by atoms with E-state index in [0.717, 1.165) is 51.4 Å². The summed E-state index contributed by atoms with van der Waals surface area (Å²) >= 11 is 0. The number of carbonyl (C=O) groups excluding carboxylic acids is 2. The lowest BCUT2D eigenvalue weighted by Gasteiger charge is -2.30. The predicted molar refractivity (Wildman–Crippen MR) is 150 cm³/mol. The van der Waals surface area contributed by atoms with Crippen molar-refractivity contribution in [3.8, 4) is 0 Å². The highest BCUT2D eigenvalue weighted by atomic mass is 19.1. The molecule has 2 aliphatic rings. The van der Waals surface area contributed by atoms with Crippen LogP contribution < -0.4 is 27.4 Å². The van der Waals surface area contributed by atoms with Gasteiger partial charge in [0.15, 0.2) is 11.6 Å². The second-order valence-electron chi connectivity index (χ2n) is 10.3. The average Bonchev–Trinajstić information content (AvgIpc) is 3.29. The van der Waals surface area contributed by atoms with Gasteiger partial charge in [0.2, 0.25) is 0 Å². The number of pyridine rings is 2. The molecule has 3 aromatic rings. The predicted octanol–water partition coefficient (Wildman–Crippen LogP) is 1.69. The van der Waals surface area contributed by atoms with Crippen LogP contribution in [0.2, 0.25) is 0 Å². The third-order valence-electron chi connectivity index (χ3n) is 7.62. The van der Waals surface area contributed by atoms with Crippen molar-refractivity contribution in [2.45, 2.75) is 37.8 Å². The second kappa shape index (κ2) is 12.1. The molecule has 1 saturated heterocycles. The van der Waals surface area contributed by atoms with Crippen molar-refractivity contribution in [1.82, 2.24) is 24.8 Å². The van der Waals surface area contributed by atoms with Crippen LogP contribution in [0.25, 0.3) is 11.0 Å². The lowest BCUT2D eigenvalue weighted by molar-refractivity contribution is 0.0383. The number of morpholine rings is 1. The highest BCUT2D eigenvalue weighted by Gasteiger charge is 2.25. The third kappa shape index (κ3) is 6.01. The summed E-state index contributed by atoms with van der Waals surface area (Å²) in [6.07, 6.45) is 5.25. The van der Waals surface area contributed by atoms with Crippen molar-refractivity contribution in [2.75, 3.05) is 50.0 Å². The van der Waals surface area contributed by atoms with Crippen LogP contribution in [-0.4, -0.2) is 82.7 Å². The monoisotopic (exact) mass is 553 g/mol. The van der Waals surface area contributed by atoms with E-state index in [1.54, 1.807) is 29.9 Å². The lowest BCUT2D eigenvalue weighted by Crippen LogP contribution is -2.43. The molecule has 0 aromatic carbocycles. The van der Waals surface area contributed by atoms with Crippen molar-refractivity contribution in [3.63, 3.8) is 0 Å². The summed E-state index contributed by atoms with van der Waals surface area (Å²) in [7, 11) is 1.76. The maximum atomic E-state index is 15.0. The van der Waals surface area contributed by atoms with Crippen LogP contribution in [0, 0.1) is 5.82 Å². The molecule has 1 unspecified atom stereocenters. The Hall–Kier alpha value is -3.81. The number of rotatable bonds is 9. The zero-order valence-electron chi connectivity index (χ0n) is 22.6. The Morgan fingerprint density at radius 1 is 1.18 bits per heavy atom. The van der Waals surface area contributed by atoms with Crippen molar-refractivity contribution >= 4 is 40.2 Å². The van der Waals surface area contributed by atoms with Crippen molar-refractivity contribution < 1.29 is 18.7 Å². The normalized spacial score (nSPS) is 19.9. The number of aryl methyl sites for hydroxylation is 1. The van der Waals surface area contributed by atoms with E-state index in [9.17, 15) is 14.0 Å². The fraction of sp³-hybridized carbons (Fsp3) is 0.481. The zero-order chi connectivity index (χ0) is 28.2. The Kier molecular flexibility index (Phi) is 8.43. The topological polar surface area (TPSA) is 165 Å². The number of hydrogen-bond donors (Lipinski definition) is 5. The number of nitrogens with one attached hydrogen (secondary N) is 3. The lowest BCUT2D eigenvalue weighted by atomic mass is 9.91. The van der Waals surface area contributed by atoms with Crippen molar-refractivity contribution in [1.29, 1.82) is 0 Å². The number of halogens is 1. The molecule has 2 atom stereocenters. The van der Waals surface area contributed by atoms with Crippen LogP contribution in [0.1, 0.15) is 46.5 Å². The smallest absolute Gasteiger partial charge is 0.268 e. The number of amides is 2. The van der Waals surface area contributed by atoms with E-state index >= 15 is 0 Å². The van der Waals surface area contributed by atoms with Gasteiger partial charge in [-0.3, -0.25) is 14.5 Å². The summed E-state index contributed by atoms with van der Waals surface area (Å²) < 4.78 is 22.0. The molecule has 1 aliphatic heterocycles. The van der Waals surface area contributed by atoms with Gasteiger partial charge < -0.3 is 36.7 Å². The average molecular weight is 554 g/mol. The molecule has 0 bridgehead atoms. The number of nitrogens with two attached hydrogens (primary N) is 2. The molecular weight excluding hydrogens is 517 g/mol. The van der Waals surface area contributed by atoms with Gasteiger partial charge in [0.1, 0.15) is 17.2 Å². The first-order chi connectivity index (χ1) is 19.3. The Balaban J connectivity index is 1.38. The van der Waals surface area contributed by atoms with Gasteiger partial charge in [-0.15, -0.1) is 0 Å². The van der Waals surface area contributed by atoms with Gasteiger partial charge in [0.05, 0.1) is 24.5 Å². The van der Waals surface area contributed by atoms with E-state index < -0.39 is 11.7 Å². The summed E-state index contributed by atoms with van der Waals surface area (Å²) in [6.45, 7) is 4.32. The molecule has 5 rings (SSSR count). The summed E-state index contributed by atoms with van der Waals surface area (Å²) in [5.41, 5.74) is 13.2. The van der Waals surface area contributed by atoms with Crippen LogP contribution in [0.3, 0.4) is 0 Å². The van der Waals surface area contributed by atoms with E-state index in [0.29, 0.717) is 42.2 Å². The molecule has 13 heteroatoms. The van der Waals surface area contributed by atoms with Gasteiger partial charge in [0.25, 0.3) is 11.8 Å². The van der Waals surface area contributed by atoms with Crippen LogP contribution in [0.4, 0.5) is 21.7 Å². The van der Waals surface area contributed by atoms with Crippen LogP contribution in [0.15, 0.2) is 24.4 Å². The van der Waals surface area contributed by atoms with Gasteiger partial charge in [-0.2, -0.15) is 0 Å². The Morgan fingerprint density at radius 2 is 1.95 bits per heavy atom. The number of aromatic nitrogens is 3. The molecule has 7 N–H and O–H groups in total. The highest BCUT2D eigenvalue weighted by molar-refractivity contribution is 6.03. The van der Waals surface area contributed by atoms with E-state index in [-0.39, 0.29) is 35.2 Å². The number of ether oxygens (including phenoxy) is 1. The first kappa shape index (κ1) is 27.7. The molecule has 40 heavy (non-hydrogen) atoms. The molecule has 3 aromatic heterocycles. The largest absolute Gasteiger partial charge is 0.379 e. The first-order valence-corrected chi connectivity index (χ1v) is 13.6. The molecule has 1 saturated carbocycles. The highest BCUT2D eigenvalue weighted by Crippen LogP contribution is 2.30. The summed E-state index contributed by atoms with van der Waals surface area (Å²) in [4.78, 5) is 36.3. The van der Waals surface area contributed by atoms with Gasteiger partial charge in [-0.1, -0.05) is 12.8 Å². The Labute approximate surface area is 231 Å². The van der Waals surface area contributed by atoms with Gasteiger partial charge in [0, 0.05) is 56.9 Å². The molecule has 0 spiro atoms. The quantitative estimate of drug-likeness (QED) is 0.265.